The summed E-state index contributed by atoms with van der Waals surface area (Å²) in [6.07, 6.45) is 8.57. The maximum Gasteiger partial charge on any atom is 0.312 e. The van der Waals surface area contributed by atoms with Crippen LogP contribution in [0.4, 0.5) is 0 Å². The molecule has 11 heteroatoms. The second-order valence-corrected chi connectivity index (χ2v) is 20.0. The van der Waals surface area contributed by atoms with Crippen molar-refractivity contribution in [3.8, 4) is 0 Å². The van der Waals surface area contributed by atoms with Gasteiger partial charge in [0.1, 0.15) is 0 Å². The molecule has 2 aliphatic carbocycles. The molecule has 304 valence electrons. The lowest BCUT2D eigenvalue weighted by atomic mass is 9.57. The zero-order valence-electron chi connectivity index (χ0n) is 33.5. The van der Waals surface area contributed by atoms with E-state index in [1.54, 1.807) is 0 Å². The Labute approximate surface area is 325 Å². The Balaban J connectivity index is 0.885. The lowest BCUT2D eigenvalue weighted by Gasteiger charge is -2.61. The quantitative estimate of drug-likeness (QED) is 0.275. The van der Waals surface area contributed by atoms with Crippen molar-refractivity contribution in [2.75, 3.05) is 13.2 Å². The van der Waals surface area contributed by atoms with Crippen molar-refractivity contribution >= 4 is 0 Å². The fraction of sp³-hybridized carbons (Fsp3) is 0.864. The smallest absolute Gasteiger partial charge is 0.312 e. The van der Waals surface area contributed by atoms with Gasteiger partial charge in [0.05, 0.1) is 31.5 Å². The Hall–Kier alpha value is -1.22. The zero-order valence-corrected chi connectivity index (χ0v) is 33.5. The summed E-state index contributed by atoms with van der Waals surface area (Å²) in [5.74, 6) is 0.0518. The molecule has 10 saturated heterocycles. The summed E-state index contributed by atoms with van der Waals surface area (Å²) in [6.45, 7) is 14.5. The molecule has 0 aromatic heterocycles. The van der Waals surface area contributed by atoms with E-state index in [0.717, 1.165) is 56.9 Å². The second-order valence-electron chi connectivity index (χ2n) is 20.0. The SMILES string of the molecule is C[C@H]1[C@@H](CC2COC3(c4ccccc4)OCC(C[C@H]4O[C@@H]5O[C@]6(C)CC[C@H]7[C@H](C)CC[C@@H]([C@H]4C)[C@@]57OO6)C2O3)O[C@@H]2O[C@]3(C)CC[C@H]4[C@H](C)CC[C@@H]1[C@@]24OO3. The minimum absolute atomic E-state index is 0.0511. The summed E-state index contributed by atoms with van der Waals surface area (Å²) in [5, 5.41) is 0. The largest absolute Gasteiger partial charge is 0.346 e. The molecule has 1 aromatic rings. The lowest BCUT2D eigenvalue weighted by Crippen LogP contribution is -2.71. The number of benzene rings is 1. The molecular formula is C44H62O11. The molecule has 10 aliphatic heterocycles. The van der Waals surface area contributed by atoms with Gasteiger partial charge >= 0.3 is 5.97 Å². The first-order valence-corrected chi connectivity index (χ1v) is 21.9. The summed E-state index contributed by atoms with van der Waals surface area (Å²) >= 11 is 0. The molecule has 11 nitrogen and oxygen atoms in total. The van der Waals surface area contributed by atoms with Crippen molar-refractivity contribution in [2.24, 2.45) is 59.2 Å². The second kappa shape index (κ2) is 12.9. The molecule has 18 atom stereocenters. The van der Waals surface area contributed by atoms with Gasteiger partial charge in [0, 0.05) is 42.1 Å². The van der Waals surface area contributed by atoms with E-state index in [9.17, 15) is 0 Å². The summed E-state index contributed by atoms with van der Waals surface area (Å²) in [4.78, 5) is 25.2. The molecule has 12 aliphatic rings. The standard InChI is InChI=1S/C44H62O11/c1-24-12-14-33-26(3)35(47-38-42(33)31(24)16-18-40(5,50-38)52-54-42)20-28-22-45-44(30-10-8-7-9-11-30)46-23-29(37(28)49-44)21-36-27(4)34-15-13-25(2)32-17-19-41(6)51-39(48-36)43(32,34)55-53-41/h7-11,24-29,31-39H,12-23H2,1-6H3/t24-,25-,26-,27-,28?,29?,31+,32+,33+,34+,35-,36-,37?,38-,39-,40+,41+,42-,43-,44?/m1/s1. The molecule has 0 N–H and O–H groups in total. The van der Waals surface area contributed by atoms with Crippen molar-refractivity contribution in [3.63, 3.8) is 0 Å². The van der Waals surface area contributed by atoms with Gasteiger partial charge in [0.2, 0.25) is 11.6 Å². The Bertz CT molecular complexity index is 1520. The monoisotopic (exact) mass is 766 g/mol. The van der Waals surface area contributed by atoms with Crippen molar-refractivity contribution in [1.29, 1.82) is 0 Å². The summed E-state index contributed by atoms with van der Waals surface area (Å²) in [6, 6.07) is 10.1. The summed E-state index contributed by atoms with van der Waals surface area (Å²) in [5.41, 5.74) is -0.281. The van der Waals surface area contributed by atoms with E-state index < -0.39 is 41.3 Å². The number of fused-ring (bicyclic) bond motifs is 6. The van der Waals surface area contributed by atoms with Crippen LogP contribution in [0.2, 0.25) is 0 Å². The number of rotatable bonds is 5. The van der Waals surface area contributed by atoms with Gasteiger partial charge in [-0.25, -0.2) is 19.6 Å². The van der Waals surface area contributed by atoms with Crippen molar-refractivity contribution in [2.45, 2.75) is 165 Å². The first-order chi connectivity index (χ1) is 26.5. The fourth-order valence-electron chi connectivity index (χ4n) is 13.9. The third kappa shape index (κ3) is 5.33. The Morgan fingerprint density at radius 1 is 0.564 bits per heavy atom. The first kappa shape index (κ1) is 36.8. The van der Waals surface area contributed by atoms with E-state index in [0.29, 0.717) is 36.9 Å². The average Bonchev–Trinajstić information content (AvgIpc) is 3.56. The van der Waals surface area contributed by atoms with Crippen LogP contribution in [0.5, 0.6) is 0 Å². The van der Waals surface area contributed by atoms with Crippen LogP contribution in [0.15, 0.2) is 30.3 Å². The molecular weight excluding hydrogens is 704 g/mol. The molecule has 1 aromatic carbocycles. The van der Waals surface area contributed by atoms with Gasteiger partial charge in [-0.2, -0.15) is 0 Å². The Morgan fingerprint density at radius 3 is 1.55 bits per heavy atom. The maximum absolute atomic E-state index is 7.14. The summed E-state index contributed by atoms with van der Waals surface area (Å²) < 4.78 is 48.3. The molecule has 2 unspecified atom stereocenters. The van der Waals surface area contributed by atoms with Crippen LogP contribution in [-0.2, 0) is 58.7 Å². The third-order valence-electron chi connectivity index (χ3n) is 17.0. The van der Waals surface area contributed by atoms with Crippen LogP contribution >= 0.6 is 0 Å². The van der Waals surface area contributed by atoms with Gasteiger partial charge in [0.15, 0.2) is 23.8 Å². The van der Waals surface area contributed by atoms with Crippen molar-refractivity contribution in [1.82, 2.24) is 0 Å². The molecule has 13 rings (SSSR count). The molecule has 2 spiro atoms. The van der Waals surface area contributed by atoms with E-state index in [-0.39, 0.29) is 53.8 Å². The first-order valence-electron chi connectivity index (χ1n) is 21.9. The fourth-order valence-corrected chi connectivity index (χ4v) is 13.9. The predicted octanol–water partition coefficient (Wildman–Crippen LogP) is 7.76. The van der Waals surface area contributed by atoms with Crippen LogP contribution in [0, 0.1) is 59.2 Å². The Kier molecular flexibility index (Phi) is 8.63. The molecule has 0 radical (unpaired) electrons. The minimum atomic E-state index is -1.24. The van der Waals surface area contributed by atoms with E-state index in [1.807, 2.05) is 44.2 Å². The van der Waals surface area contributed by atoms with E-state index in [1.165, 1.54) is 12.8 Å². The number of ether oxygens (including phenoxy) is 7. The zero-order chi connectivity index (χ0) is 37.5. The van der Waals surface area contributed by atoms with Crippen LogP contribution in [-0.4, -0.2) is 66.9 Å². The highest BCUT2D eigenvalue weighted by Gasteiger charge is 2.71. The average molecular weight is 767 g/mol. The topological polar surface area (TPSA) is 102 Å². The van der Waals surface area contributed by atoms with Gasteiger partial charge in [-0.1, -0.05) is 58.0 Å². The van der Waals surface area contributed by atoms with E-state index in [4.69, 9.17) is 52.7 Å². The molecule has 12 fully saturated rings. The van der Waals surface area contributed by atoms with Crippen molar-refractivity contribution < 1.29 is 52.7 Å². The highest BCUT2D eigenvalue weighted by Crippen LogP contribution is 2.63. The number of hydrogen-bond donors (Lipinski definition) is 0. The maximum atomic E-state index is 7.14. The van der Waals surface area contributed by atoms with Crippen LogP contribution in [0.1, 0.15) is 111 Å². The highest BCUT2D eigenvalue weighted by atomic mass is 17.3. The van der Waals surface area contributed by atoms with Gasteiger partial charge < -0.3 is 33.2 Å². The van der Waals surface area contributed by atoms with E-state index >= 15 is 0 Å². The van der Waals surface area contributed by atoms with Crippen molar-refractivity contribution in [3.05, 3.63) is 35.9 Å². The Morgan fingerprint density at radius 2 is 1.05 bits per heavy atom. The number of hydrogen-bond acceptors (Lipinski definition) is 11. The van der Waals surface area contributed by atoms with Crippen LogP contribution in [0.3, 0.4) is 0 Å². The minimum Gasteiger partial charge on any atom is -0.346 e. The van der Waals surface area contributed by atoms with Gasteiger partial charge in [-0.3, -0.25) is 0 Å². The van der Waals surface area contributed by atoms with Crippen LogP contribution in [0.25, 0.3) is 0 Å². The molecule has 55 heavy (non-hydrogen) atoms. The summed E-state index contributed by atoms with van der Waals surface area (Å²) in [7, 11) is 0. The normalized spacial score (nSPS) is 57.9. The van der Waals surface area contributed by atoms with E-state index in [2.05, 4.69) is 27.7 Å². The lowest BCUT2D eigenvalue weighted by molar-refractivity contribution is -0.572. The molecule has 0 amide bonds. The molecule has 2 saturated carbocycles. The van der Waals surface area contributed by atoms with Gasteiger partial charge in [-0.05, 0) is 101 Å². The third-order valence-corrected chi connectivity index (χ3v) is 17.0. The predicted molar refractivity (Wildman–Crippen MR) is 195 cm³/mol. The molecule has 6 bridgehead atoms. The van der Waals surface area contributed by atoms with Gasteiger partial charge in [-0.15, -0.1) is 0 Å². The van der Waals surface area contributed by atoms with Crippen LogP contribution < -0.4 is 0 Å². The molecule has 10 heterocycles. The highest BCUT2D eigenvalue weighted by molar-refractivity contribution is 5.20. The van der Waals surface area contributed by atoms with Gasteiger partial charge in [0.25, 0.3) is 0 Å².